The van der Waals surface area contributed by atoms with Gasteiger partial charge in [0.25, 0.3) is 0 Å². The number of aromatic nitrogens is 1. The van der Waals surface area contributed by atoms with Gasteiger partial charge < -0.3 is 20.3 Å². The number of hydrogen-bond acceptors (Lipinski definition) is 6. The van der Waals surface area contributed by atoms with Crippen LogP contribution in [0.1, 0.15) is 18.5 Å². The molecule has 2 fully saturated rings. The van der Waals surface area contributed by atoms with Crippen LogP contribution in [0.25, 0.3) is 0 Å². The summed E-state index contributed by atoms with van der Waals surface area (Å²) in [6.07, 6.45) is 1.25. The lowest BCUT2D eigenvalue weighted by Crippen LogP contribution is -2.61. The maximum atomic E-state index is 12.6. The minimum Gasteiger partial charge on any atom is -0.381 e. The van der Waals surface area contributed by atoms with Crippen LogP contribution in [0.2, 0.25) is 0 Å². The quantitative estimate of drug-likeness (QED) is 0.866. The number of thiazole rings is 1. The Morgan fingerprint density at radius 1 is 1.33 bits per heavy atom. The van der Waals surface area contributed by atoms with E-state index in [1.165, 1.54) is 0 Å². The van der Waals surface area contributed by atoms with Crippen LogP contribution in [0, 0.1) is 6.92 Å². The zero-order valence-corrected chi connectivity index (χ0v) is 13.2. The van der Waals surface area contributed by atoms with Crippen LogP contribution in [0.15, 0.2) is 5.38 Å². The third-order valence-electron chi connectivity index (χ3n) is 4.26. The third kappa shape index (κ3) is 3.04. The molecule has 0 saturated carbocycles. The largest absolute Gasteiger partial charge is 0.381 e. The number of anilines is 1. The molecule has 2 aliphatic rings. The van der Waals surface area contributed by atoms with Crippen LogP contribution in [0.4, 0.5) is 5.13 Å². The second-order valence-corrected chi connectivity index (χ2v) is 6.66. The Hall–Kier alpha value is -1.18. The van der Waals surface area contributed by atoms with Crippen molar-refractivity contribution in [2.24, 2.45) is 5.73 Å². The molecular weight excluding hydrogens is 288 g/mol. The van der Waals surface area contributed by atoms with Crippen molar-refractivity contribution in [2.75, 3.05) is 44.3 Å². The summed E-state index contributed by atoms with van der Waals surface area (Å²) in [4.78, 5) is 21.3. The summed E-state index contributed by atoms with van der Waals surface area (Å²) in [5.74, 6) is 0.0840. The van der Waals surface area contributed by atoms with Gasteiger partial charge in [0.15, 0.2) is 5.13 Å². The van der Waals surface area contributed by atoms with E-state index in [9.17, 15) is 4.79 Å². The normalized spacial score (nSPS) is 22.4. The van der Waals surface area contributed by atoms with Crippen molar-refractivity contribution < 1.29 is 9.53 Å². The molecule has 7 heteroatoms. The first-order chi connectivity index (χ1) is 10.1. The molecule has 0 radical (unpaired) electrons. The van der Waals surface area contributed by atoms with Crippen molar-refractivity contribution in [1.82, 2.24) is 9.88 Å². The number of hydrogen-bond donors (Lipinski definition) is 1. The zero-order chi connectivity index (χ0) is 14.9. The predicted molar refractivity (Wildman–Crippen MR) is 82.6 cm³/mol. The Morgan fingerprint density at radius 3 is 2.57 bits per heavy atom. The molecule has 2 aliphatic heterocycles. The second kappa shape index (κ2) is 5.90. The van der Waals surface area contributed by atoms with Gasteiger partial charge in [-0.3, -0.25) is 4.79 Å². The van der Waals surface area contributed by atoms with Crippen LogP contribution in [-0.4, -0.2) is 60.7 Å². The monoisotopic (exact) mass is 310 g/mol. The van der Waals surface area contributed by atoms with Gasteiger partial charge in [-0.2, -0.15) is 0 Å². The number of nitrogens with two attached hydrogens (primary N) is 1. The lowest BCUT2D eigenvalue weighted by Gasteiger charge is -2.40. The van der Waals surface area contributed by atoms with E-state index in [0.717, 1.165) is 37.0 Å². The average molecular weight is 310 g/mol. The van der Waals surface area contributed by atoms with E-state index in [0.29, 0.717) is 26.1 Å². The summed E-state index contributed by atoms with van der Waals surface area (Å²) in [6.45, 7) is 6.26. The first-order valence-corrected chi connectivity index (χ1v) is 8.29. The van der Waals surface area contributed by atoms with Gasteiger partial charge in [-0.05, 0) is 19.8 Å². The molecule has 0 spiro atoms. The summed E-state index contributed by atoms with van der Waals surface area (Å²) in [5, 5.41) is 3.11. The number of piperazine rings is 1. The van der Waals surface area contributed by atoms with E-state index in [1.54, 1.807) is 11.3 Å². The molecule has 0 bridgehead atoms. The molecule has 0 unspecified atom stereocenters. The van der Waals surface area contributed by atoms with Gasteiger partial charge in [0, 0.05) is 44.8 Å². The van der Waals surface area contributed by atoms with Crippen molar-refractivity contribution >= 4 is 22.4 Å². The van der Waals surface area contributed by atoms with Gasteiger partial charge in [0.05, 0.1) is 11.2 Å². The first-order valence-electron chi connectivity index (χ1n) is 7.42. The minimum atomic E-state index is -0.724. The molecule has 1 amide bonds. The van der Waals surface area contributed by atoms with Crippen molar-refractivity contribution in [3.05, 3.63) is 11.1 Å². The fourth-order valence-electron chi connectivity index (χ4n) is 2.85. The fraction of sp³-hybridized carbons (Fsp3) is 0.714. The number of carbonyl (C=O) groups excluding carboxylic acids is 1. The molecule has 2 N–H and O–H groups in total. The predicted octanol–water partition coefficient (Wildman–Crippen LogP) is 0.608. The zero-order valence-electron chi connectivity index (χ0n) is 12.4. The minimum absolute atomic E-state index is 0.0840. The molecule has 2 saturated heterocycles. The Morgan fingerprint density at radius 2 is 2.00 bits per heavy atom. The average Bonchev–Trinajstić information content (AvgIpc) is 2.94. The number of amides is 1. The van der Waals surface area contributed by atoms with Crippen molar-refractivity contribution in [3.8, 4) is 0 Å². The third-order valence-corrected chi connectivity index (χ3v) is 5.27. The molecule has 21 heavy (non-hydrogen) atoms. The summed E-state index contributed by atoms with van der Waals surface area (Å²) in [5.41, 5.74) is 6.62. The van der Waals surface area contributed by atoms with E-state index < -0.39 is 5.54 Å². The van der Waals surface area contributed by atoms with Gasteiger partial charge in [0.2, 0.25) is 5.91 Å². The first kappa shape index (κ1) is 14.7. The molecule has 1 aromatic heterocycles. The highest BCUT2D eigenvalue weighted by Crippen LogP contribution is 2.24. The topological polar surface area (TPSA) is 71.7 Å². The number of ether oxygens (including phenoxy) is 1. The van der Waals surface area contributed by atoms with Crippen LogP contribution in [-0.2, 0) is 9.53 Å². The molecule has 3 heterocycles. The molecular formula is C14H22N4O2S. The van der Waals surface area contributed by atoms with E-state index >= 15 is 0 Å². The number of rotatable bonds is 2. The SMILES string of the molecule is Cc1csc(N2CCN(C(=O)C3(N)CCOCC3)CC2)n1. The molecule has 3 rings (SSSR count). The Labute approximate surface area is 128 Å². The Kier molecular flexibility index (Phi) is 4.14. The van der Waals surface area contributed by atoms with Crippen LogP contribution < -0.4 is 10.6 Å². The standard InChI is InChI=1S/C14H22N4O2S/c1-11-10-21-13(16-11)18-6-4-17(5-7-18)12(19)14(15)2-8-20-9-3-14/h10H,2-9,15H2,1H3. The molecule has 0 aromatic carbocycles. The number of carbonyl (C=O) groups is 1. The highest BCUT2D eigenvalue weighted by atomic mass is 32.1. The lowest BCUT2D eigenvalue weighted by molar-refractivity contribution is -0.140. The van der Waals surface area contributed by atoms with Gasteiger partial charge in [-0.25, -0.2) is 4.98 Å². The van der Waals surface area contributed by atoms with E-state index in [4.69, 9.17) is 10.5 Å². The summed E-state index contributed by atoms with van der Waals surface area (Å²) in [6, 6.07) is 0. The number of aryl methyl sites for hydroxylation is 1. The van der Waals surface area contributed by atoms with E-state index in [2.05, 4.69) is 15.3 Å². The van der Waals surface area contributed by atoms with Crippen molar-refractivity contribution in [3.63, 3.8) is 0 Å². The fourth-order valence-corrected chi connectivity index (χ4v) is 3.71. The van der Waals surface area contributed by atoms with Crippen LogP contribution in [0.3, 0.4) is 0 Å². The van der Waals surface area contributed by atoms with Gasteiger partial charge in [0.1, 0.15) is 0 Å². The van der Waals surface area contributed by atoms with E-state index in [-0.39, 0.29) is 5.91 Å². The number of nitrogens with zero attached hydrogens (tertiary/aromatic N) is 3. The summed E-state index contributed by atoms with van der Waals surface area (Å²) < 4.78 is 5.31. The molecule has 116 valence electrons. The molecule has 0 atom stereocenters. The molecule has 1 aromatic rings. The van der Waals surface area contributed by atoms with Crippen molar-refractivity contribution in [1.29, 1.82) is 0 Å². The van der Waals surface area contributed by atoms with Crippen molar-refractivity contribution in [2.45, 2.75) is 25.3 Å². The second-order valence-electron chi connectivity index (χ2n) is 5.82. The Bertz CT molecular complexity index is 505. The smallest absolute Gasteiger partial charge is 0.242 e. The Balaban J connectivity index is 1.59. The summed E-state index contributed by atoms with van der Waals surface area (Å²) >= 11 is 1.66. The maximum absolute atomic E-state index is 12.6. The van der Waals surface area contributed by atoms with Crippen LogP contribution in [0.5, 0.6) is 0 Å². The molecule has 6 nitrogen and oxygen atoms in total. The van der Waals surface area contributed by atoms with Gasteiger partial charge in [-0.15, -0.1) is 11.3 Å². The highest BCUT2D eigenvalue weighted by molar-refractivity contribution is 7.13. The highest BCUT2D eigenvalue weighted by Gasteiger charge is 2.39. The van der Waals surface area contributed by atoms with Gasteiger partial charge in [-0.1, -0.05) is 0 Å². The van der Waals surface area contributed by atoms with Gasteiger partial charge >= 0.3 is 0 Å². The summed E-state index contributed by atoms with van der Waals surface area (Å²) in [7, 11) is 0. The lowest BCUT2D eigenvalue weighted by atomic mass is 9.89. The van der Waals surface area contributed by atoms with Crippen LogP contribution >= 0.6 is 11.3 Å². The van der Waals surface area contributed by atoms with E-state index in [1.807, 2.05) is 11.8 Å². The maximum Gasteiger partial charge on any atom is 0.242 e. The molecule has 0 aliphatic carbocycles.